The normalized spacial score (nSPS) is 24.1. The molecule has 3 aromatic rings. The first-order valence-electron chi connectivity index (χ1n) is 15.2. The van der Waals surface area contributed by atoms with Crippen LogP contribution in [0.5, 0.6) is 5.75 Å². The molecule has 3 fully saturated rings. The molecule has 0 spiro atoms. The third kappa shape index (κ3) is 5.28. The number of hydrogen-bond donors (Lipinski definition) is 1. The summed E-state index contributed by atoms with van der Waals surface area (Å²) in [5.74, 6) is -0.687. The molecule has 7 nitrogen and oxygen atoms in total. The Morgan fingerprint density at radius 3 is 2.33 bits per heavy atom. The van der Waals surface area contributed by atoms with E-state index in [1.807, 2.05) is 24.3 Å². The molecule has 2 bridgehead atoms. The molecule has 212 valence electrons. The van der Waals surface area contributed by atoms with Crippen LogP contribution in [-0.2, 0) is 17.6 Å². The molecule has 1 saturated carbocycles. The van der Waals surface area contributed by atoms with Gasteiger partial charge in [-0.05, 0) is 81.2 Å². The standard InChI is InChI=1S/C33H41N3O4/c1-40-33(39)27-19-22(14-18-31(27)37)13-17-29-32(38)36(30-12-8-7-11-28(30)34-29)26-20-24-15-16-25(21-26)35(24)23-9-5-3-2-4-6-10-23/h7-8,11-12,14,18-19,23-26,37H,2-6,9-10,13,15-17,20-21H2,1H3/t24-,25+,26+. The molecule has 2 aromatic carbocycles. The topological polar surface area (TPSA) is 84.7 Å². The van der Waals surface area contributed by atoms with Gasteiger partial charge in [-0.1, -0.05) is 50.3 Å². The number of nitrogens with zero attached hydrogens (tertiary/aromatic N) is 3. The van der Waals surface area contributed by atoms with E-state index in [0.29, 0.717) is 36.7 Å². The lowest BCUT2D eigenvalue weighted by atomic mass is 9.89. The highest BCUT2D eigenvalue weighted by Gasteiger charge is 2.44. The summed E-state index contributed by atoms with van der Waals surface area (Å²) < 4.78 is 6.86. The number of methoxy groups -OCH3 is 1. The largest absolute Gasteiger partial charge is 0.507 e. The first-order chi connectivity index (χ1) is 19.5. The summed E-state index contributed by atoms with van der Waals surface area (Å²) >= 11 is 0. The Kier molecular flexibility index (Phi) is 7.92. The lowest BCUT2D eigenvalue weighted by Gasteiger charge is -2.45. The fourth-order valence-corrected chi connectivity index (χ4v) is 7.73. The second kappa shape index (κ2) is 11.7. The number of phenols is 1. The Bertz CT molecular complexity index is 1410. The Hall–Kier alpha value is -3.19. The second-order valence-electron chi connectivity index (χ2n) is 12.0. The number of benzene rings is 2. The van der Waals surface area contributed by atoms with Crippen molar-refractivity contribution in [2.45, 2.75) is 108 Å². The fourth-order valence-electron chi connectivity index (χ4n) is 7.73. The zero-order chi connectivity index (χ0) is 27.6. The van der Waals surface area contributed by atoms with Crippen LogP contribution in [0, 0.1) is 0 Å². The van der Waals surface area contributed by atoms with Crippen LogP contribution in [0.4, 0.5) is 0 Å². The maximum absolute atomic E-state index is 14.1. The molecule has 1 N–H and O–H groups in total. The van der Waals surface area contributed by atoms with E-state index in [4.69, 9.17) is 9.72 Å². The van der Waals surface area contributed by atoms with E-state index >= 15 is 0 Å². The van der Waals surface area contributed by atoms with Crippen molar-refractivity contribution in [3.8, 4) is 5.75 Å². The van der Waals surface area contributed by atoms with E-state index in [-0.39, 0.29) is 22.9 Å². The van der Waals surface area contributed by atoms with Gasteiger partial charge < -0.3 is 14.4 Å². The van der Waals surface area contributed by atoms with Gasteiger partial charge in [0, 0.05) is 24.2 Å². The van der Waals surface area contributed by atoms with Crippen molar-refractivity contribution >= 4 is 17.0 Å². The van der Waals surface area contributed by atoms with Crippen LogP contribution in [0.3, 0.4) is 0 Å². The number of hydrogen-bond acceptors (Lipinski definition) is 6. The van der Waals surface area contributed by atoms with Gasteiger partial charge in [-0.3, -0.25) is 9.69 Å². The molecule has 1 aromatic heterocycles. The van der Waals surface area contributed by atoms with Crippen molar-refractivity contribution in [1.82, 2.24) is 14.5 Å². The number of carbonyl (C=O) groups is 1. The second-order valence-corrected chi connectivity index (χ2v) is 12.0. The number of para-hydroxylation sites is 2. The SMILES string of the molecule is COC(=O)c1cc(CCc2nc3ccccc3n([C@H]3C[C@H]4CC[C@@H](C3)N4C3CCCCCCC3)c2=O)ccc1O. The highest BCUT2D eigenvalue weighted by molar-refractivity contribution is 5.92. The highest BCUT2D eigenvalue weighted by Crippen LogP contribution is 2.44. The van der Waals surface area contributed by atoms with Gasteiger partial charge >= 0.3 is 5.97 Å². The van der Waals surface area contributed by atoms with E-state index in [2.05, 4.69) is 9.47 Å². The van der Waals surface area contributed by atoms with E-state index in [0.717, 1.165) is 29.4 Å². The third-order valence-electron chi connectivity index (χ3n) is 9.61. The molecular formula is C33H41N3O4. The van der Waals surface area contributed by atoms with Crippen LogP contribution in [0.2, 0.25) is 0 Å². The van der Waals surface area contributed by atoms with Crippen molar-refractivity contribution in [3.63, 3.8) is 0 Å². The quantitative estimate of drug-likeness (QED) is 0.387. The van der Waals surface area contributed by atoms with Gasteiger partial charge in [0.25, 0.3) is 5.56 Å². The van der Waals surface area contributed by atoms with E-state index in [1.54, 1.807) is 12.1 Å². The zero-order valence-corrected chi connectivity index (χ0v) is 23.6. The Morgan fingerprint density at radius 1 is 0.900 bits per heavy atom. The van der Waals surface area contributed by atoms with Crippen molar-refractivity contribution in [2.75, 3.05) is 7.11 Å². The minimum Gasteiger partial charge on any atom is -0.507 e. The summed E-state index contributed by atoms with van der Waals surface area (Å²) in [6, 6.07) is 15.0. The van der Waals surface area contributed by atoms with Crippen LogP contribution in [-0.4, -0.2) is 50.8 Å². The molecule has 3 atom stereocenters. The molecule has 40 heavy (non-hydrogen) atoms. The molecule has 2 aliphatic heterocycles. The van der Waals surface area contributed by atoms with Crippen LogP contribution >= 0.6 is 0 Å². The molecule has 0 radical (unpaired) electrons. The molecule has 6 rings (SSSR count). The van der Waals surface area contributed by atoms with Crippen LogP contribution in [0.1, 0.15) is 98.3 Å². The molecule has 3 heterocycles. The monoisotopic (exact) mass is 543 g/mol. The van der Waals surface area contributed by atoms with Gasteiger partial charge in [0.2, 0.25) is 0 Å². The average Bonchev–Trinajstić information content (AvgIpc) is 3.20. The number of piperidine rings is 1. The van der Waals surface area contributed by atoms with Gasteiger partial charge in [0.15, 0.2) is 0 Å². The number of carbonyl (C=O) groups excluding carboxylic acids is 1. The summed E-state index contributed by atoms with van der Waals surface area (Å²) in [4.78, 5) is 33.8. The number of aryl methyl sites for hydroxylation is 2. The van der Waals surface area contributed by atoms with Crippen molar-refractivity contribution in [1.29, 1.82) is 0 Å². The molecule has 1 aliphatic carbocycles. The van der Waals surface area contributed by atoms with Gasteiger partial charge in [0.1, 0.15) is 17.0 Å². The number of aromatic hydroxyl groups is 1. The number of ether oxygens (including phenoxy) is 1. The molecule has 3 aliphatic rings. The number of esters is 1. The Morgan fingerprint density at radius 2 is 1.60 bits per heavy atom. The minimum absolute atomic E-state index is 0.00877. The zero-order valence-electron chi connectivity index (χ0n) is 23.6. The smallest absolute Gasteiger partial charge is 0.341 e. The van der Waals surface area contributed by atoms with Gasteiger partial charge in [-0.2, -0.15) is 0 Å². The fraction of sp³-hybridized carbons (Fsp3) is 0.545. The van der Waals surface area contributed by atoms with Crippen molar-refractivity contribution < 1.29 is 14.6 Å². The first kappa shape index (κ1) is 27.0. The van der Waals surface area contributed by atoms with Crippen molar-refractivity contribution in [2.24, 2.45) is 0 Å². The summed E-state index contributed by atoms with van der Waals surface area (Å²) in [5.41, 5.74) is 3.33. The van der Waals surface area contributed by atoms with E-state index in [1.165, 1.54) is 71.0 Å². The van der Waals surface area contributed by atoms with Crippen LogP contribution < -0.4 is 5.56 Å². The number of phenolic OH excluding ortho intramolecular Hbond substituents is 1. The third-order valence-corrected chi connectivity index (χ3v) is 9.61. The summed E-state index contributed by atoms with van der Waals surface area (Å²) in [5, 5.41) is 10.1. The molecule has 0 amide bonds. The van der Waals surface area contributed by atoms with Gasteiger partial charge in [-0.15, -0.1) is 0 Å². The number of rotatable bonds is 6. The van der Waals surface area contributed by atoms with Gasteiger partial charge in [-0.25, -0.2) is 9.78 Å². The maximum atomic E-state index is 14.1. The Labute approximate surface area is 236 Å². The summed E-state index contributed by atoms with van der Waals surface area (Å²) in [6.45, 7) is 0. The predicted molar refractivity (Wildman–Crippen MR) is 156 cm³/mol. The highest BCUT2D eigenvalue weighted by atomic mass is 16.5. The molecule has 2 saturated heterocycles. The number of fused-ring (bicyclic) bond motifs is 3. The van der Waals surface area contributed by atoms with Crippen LogP contribution in [0.15, 0.2) is 47.3 Å². The van der Waals surface area contributed by atoms with E-state index in [9.17, 15) is 14.7 Å². The molecular weight excluding hydrogens is 502 g/mol. The number of aromatic nitrogens is 2. The molecule has 0 unspecified atom stereocenters. The summed E-state index contributed by atoms with van der Waals surface area (Å²) in [6.07, 6.45) is 15.0. The lowest BCUT2D eigenvalue weighted by molar-refractivity contribution is 0.0497. The summed E-state index contributed by atoms with van der Waals surface area (Å²) in [7, 11) is 1.30. The minimum atomic E-state index is -0.578. The van der Waals surface area contributed by atoms with Gasteiger partial charge in [0.05, 0.1) is 18.1 Å². The Balaban J connectivity index is 1.27. The first-order valence-corrected chi connectivity index (χ1v) is 15.2. The average molecular weight is 544 g/mol. The maximum Gasteiger partial charge on any atom is 0.341 e. The van der Waals surface area contributed by atoms with Crippen molar-refractivity contribution in [3.05, 3.63) is 69.6 Å². The molecule has 7 heteroatoms. The van der Waals surface area contributed by atoms with E-state index < -0.39 is 5.97 Å². The predicted octanol–water partition coefficient (Wildman–Crippen LogP) is 5.95. The lowest BCUT2D eigenvalue weighted by Crippen LogP contribution is -2.50. The van der Waals surface area contributed by atoms with Crippen LogP contribution in [0.25, 0.3) is 11.0 Å².